The fourth-order valence-corrected chi connectivity index (χ4v) is 1.23. The second-order valence-corrected chi connectivity index (χ2v) is 2.99. The molecule has 0 N–H and O–H groups in total. The lowest BCUT2D eigenvalue weighted by Gasteiger charge is -1.99. The predicted molar refractivity (Wildman–Crippen MR) is 48.5 cm³/mol. The number of hydrogen-bond acceptors (Lipinski definition) is 2. The van der Waals surface area contributed by atoms with Crippen LogP contribution in [-0.2, 0) is 0 Å². The molecule has 0 aliphatic heterocycles. The predicted octanol–water partition coefficient (Wildman–Crippen LogP) is 2.35. The fraction of sp³-hybridized carbons (Fsp3) is 0.167. The van der Waals surface area contributed by atoms with Crippen LogP contribution in [0.2, 0.25) is 5.15 Å². The van der Waals surface area contributed by atoms with Crippen LogP contribution in [0.1, 0.15) is 4.11 Å². The summed E-state index contributed by atoms with van der Waals surface area (Å²) in [7, 11) is -2.49. The van der Waals surface area contributed by atoms with Gasteiger partial charge in [0.25, 0.3) is 0 Å². The molecule has 1 aromatic heterocycles. The van der Waals surface area contributed by atoms with Gasteiger partial charge in [-0.3, -0.25) is 0 Å². The summed E-state index contributed by atoms with van der Waals surface area (Å²) in [4.78, 5) is 3.83. The second kappa shape index (κ2) is 3.39. The third kappa shape index (κ3) is 1.73. The standard InChI is InChI=1S/C6H5ClINO/c1-10-4-2-3-5(8)9-6(4)7/h2-3H,1H3/i1D3. The Bertz CT molecular complexity index is 317. The van der Waals surface area contributed by atoms with Crippen LogP contribution in [0.4, 0.5) is 0 Å². The number of pyridine rings is 1. The van der Waals surface area contributed by atoms with Crippen LogP contribution >= 0.6 is 34.2 Å². The highest BCUT2D eigenvalue weighted by Gasteiger charge is 1.99. The minimum atomic E-state index is -2.49. The molecule has 0 unspecified atom stereocenters. The quantitative estimate of drug-likeness (QED) is 0.578. The zero-order valence-electron chi connectivity index (χ0n) is 7.77. The first-order valence-electron chi connectivity index (χ1n) is 3.89. The highest BCUT2D eigenvalue weighted by Crippen LogP contribution is 2.21. The van der Waals surface area contributed by atoms with Crippen LogP contribution in [0.15, 0.2) is 12.1 Å². The van der Waals surface area contributed by atoms with Gasteiger partial charge >= 0.3 is 0 Å². The van der Waals surface area contributed by atoms with Crippen molar-refractivity contribution in [1.29, 1.82) is 0 Å². The summed E-state index contributed by atoms with van der Waals surface area (Å²) in [5.74, 6) is 0.0714. The average Bonchev–Trinajstić information content (AvgIpc) is 1.93. The molecule has 0 saturated carbocycles. The van der Waals surface area contributed by atoms with Crippen molar-refractivity contribution in [3.63, 3.8) is 0 Å². The Hall–Kier alpha value is -0.0300. The lowest BCUT2D eigenvalue weighted by Crippen LogP contribution is -1.87. The van der Waals surface area contributed by atoms with E-state index in [0.717, 1.165) is 0 Å². The molecular formula is C6H5ClINO. The maximum Gasteiger partial charge on any atom is 0.172 e. The van der Waals surface area contributed by atoms with Gasteiger partial charge in [0.05, 0.1) is 11.2 Å². The van der Waals surface area contributed by atoms with Crippen LogP contribution in [-0.4, -0.2) is 12.0 Å². The van der Waals surface area contributed by atoms with Crippen LogP contribution in [0.3, 0.4) is 0 Å². The van der Waals surface area contributed by atoms with E-state index in [2.05, 4.69) is 9.72 Å². The average molecular weight is 272 g/mol. The Balaban J connectivity index is 2.90. The van der Waals surface area contributed by atoms with Crippen molar-refractivity contribution in [2.75, 3.05) is 7.04 Å². The molecule has 0 radical (unpaired) electrons. The number of aromatic nitrogens is 1. The van der Waals surface area contributed by atoms with E-state index in [1.165, 1.54) is 6.07 Å². The summed E-state index contributed by atoms with van der Waals surface area (Å²) in [5, 5.41) is 0.0584. The lowest BCUT2D eigenvalue weighted by molar-refractivity contribution is 0.413. The Morgan fingerprint density at radius 1 is 1.80 bits per heavy atom. The van der Waals surface area contributed by atoms with Gasteiger partial charge in [0.1, 0.15) is 3.70 Å². The molecule has 1 rings (SSSR count). The van der Waals surface area contributed by atoms with E-state index >= 15 is 0 Å². The number of rotatable bonds is 1. The molecule has 0 aliphatic rings. The molecule has 10 heavy (non-hydrogen) atoms. The maximum absolute atomic E-state index is 6.84. The first-order chi connectivity index (χ1) is 5.88. The van der Waals surface area contributed by atoms with E-state index in [1.807, 2.05) is 22.6 Å². The smallest absolute Gasteiger partial charge is 0.172 e. The van der Waals surface area contributed by atoms with Crippen molar-refractivity contribution >= 4 is 34.2 Å². The van der Waals surface area contributed by atoms with E-state index in [0.29, 0.717) is 3.70 Å². The van der Waals surface area contributed by atoms with E-state index in [1.54, 1.807) is 6.07 Å². The largest absolute Gasteiger partial charge is 0.494 e. The summed E-state index contributed by atoms with van der Waals surface area (Å²) in [6.45, 7) is 0. The molecule has 0 fully saturated rings. The van der Waals surface area contributed by atoms with Crippen LogP contribution in [0, 0.1) is 3.70 Å². The van der Waals surface area contributed by atoms with Gasteiger partial charge in [-0.25, -0.2) is 4.98 Å². The summed E-state index contributed by atoms with van der Waals surface area (Å²) in [6.07, 6.45) is 0. The van der Waals surface area contributed by atoms with Crippen molar-refractivity contribution in [3.05, 3.63) is 21.0 Å². The van der Waals surface area contributed by atoms with E-state index in [-0.39, 0.29) is 10.9 Å². The third-order valence-corrected chi connectivity index (χ3v) is 1.76. The first-order valence-corrected chi connectivity index (χ1v) is 3.85. The van der Waals surface area contributed by atoms with Gasteiger partial charge in [-0.2, -0.15) is 0 Å². The van der Waals surface area contributed by atoms with Gasteiger partial charge in [0.2, 0.25) is 0 Å². The number of hydrogen-bond donors (Lipinski definition) is 0. The van der Waals surface area contributed by atoms with E-state index < -0.39 is 7.04 Å². The number of nitrogens with zero attached hydrogens (tertiary/aromatic N) is 1. The molecule has 0 aromatic carbocycles. The fourth-order valence-electron chi connectivity index (χ4n) is 0.475. The molecule has 0 aliphatic carbocycles. The Morgan fingerprint density at radius 3 is 3.20 bits per heavy atom. The summed E-state index contributed by atoms with van der Waals surface area (Å²) >= 11 is 7.61. The lowest BCUT2D eigenvalue weighted by atomic mass is 10.5. The van der Waals surface area contributed by atoms with Gasteiger partial charge in [-0.15, -0.1) is 0 Å². The molecule has 0 amide bonds. The minimum Gasteiger partial charge on any atom is -0.494 e. The zero-order valence-corrected chi connectivity index (χ0v) is 7.68. The van der Waals surface area contributed by atoms with Crippen molar-refractivity contribution in [1.82, 2.24) is 4.98 Å². The summed E-state index contributed by atoms with van der Waals surface area (Å²) in [5.41, 5.74) is 0. The molecule has 2 nitrogen and oxygen atoms in total. The molecule has 0 saturated heterocycles. The van der Waals surface area contributed by atoms with Gasteiger partial charge in [0, 0.05) is 0 Å². The van der Waals surface area contributed by atoms with Crippen molar-refractivity contribution in [2.24, 2.45) is 0 Å². The Labute approximate surface area is 81.9 Å². The van der Waals surface area contributed by atoms with Crippen molar-refractivity contribution < 1.29 is 8.85 Å². The van der Waals surface area contributed by atoms with Gasteiger partial charge in [0.15, 0.2) is 10.9 Å². The molecule has 0 atom stereocenters. The normalized spacial score (nSPS) is 15.2. The van der Waals surface area contributed by atoms with Crippen LogP contribution in [0.25, 0.3) is 0 Å². The summed E-state index contributed by atoms with van der Waals surface area (Å²) in [6, 6.07) is 3.09. The first kappa shape index (κ1) is 4.77. The SMILES string of the molecule is [2H]C([2H])([2H])Oc1ccc(I)nc1Cl. The molecular weight excluding hydrogens is 264 g/mol. The summed E-state index contributed by atoms with van der Waals surface area (Å²) < 4.78 is 25.8. The molecule has 0 bridgehead atoms. The maximum atomic E-state index is 6.84. The molecule has 4 heteroatoms. The molecule has 0 spiro atoms. The van der Waals surface area contributed by atoms with Gasteiger partial charge in [-0.05, 0) is 34.7 Å². The van der Waals surface area contributed by atoms with E-state index in [4.69, 9.17) is 15.7 Å². The van der Waals surface area contributed by atoms with Gasteiger partial charge < -0.3 is 4.74 Å². The topological polar surface area (TPSA) is 22.1 Å². The minimum absolute atomic E-state index is 0.0584. The van der Waals surface area contributed by atoms with Crippen LogP contribution in [0.5, 0.6) is 5.75 Å². The number of ether oxygens (including phenoxy) is 1. The second-order valence-electron chi connectivity index (χ2n) is 1.52. The highest BCUT2D eigenvalue weighted by molar-refractivity contribution is 14.1. The van der Waals surface area contributed by atoms with Gasteiger partial charge in [-0.1, -0.05) is 11.6 Å². The van der Waals surface area contributed by atoms with Crippen molar-refractivity contribution in [3.8, 4) is 5.75 Å². The molecule has 1 heterocycles. The molecule has 54 valence electrons. The number of methoxy groups -OCH3 is 1. The highest BCUT2D eigenvalue weighted by atomic mass is 127. The molecule has 1 aromatic rings. The van der Waals surface area contributed by atoms with Crippen molar-refractivity contribution in [2.45, 2.75) is 0 Å². The Kier molecular flexibility index (Phi) is 1.62. The third-order valence-electron chi connectivity index (χ3n) is 0.890. The zero-order chi connectivity index (χ0) is 10.1. The number of halogens is 2. The Morgan fingerprint density at radius 2 is 2.60 bits per heavy atom. The van der Waals surface area contributed by atoms with E-state index in [9.17, 15) is 0 Å². The monoisotopic (exact) mass is 272 g/mol. The van der Waals surface area contributed by atoms with Crippen LogP contribution < -0.4 is 4.74 Å².